The molecule has 3 heterocycles. The van der Waals surface area contributed by atoms with E-state index in [1.807, 2.05) is 13.0 Å². The molecule has 6 amide bonds. The molecule has 1 aromatic heterocycles. The highest BCUT2D eigenvalue weighted by molar-refractivity contribution is 7.13. The van der Waals surface area contributed by atoms with Crippen LogP contribution in [-0.4, -0.2) is 114 Å². The second kappa shape index (κ2) is 18.5. The van der Waals surface area contributed by atoms with Gasteiger partial charge in [0.2, 0.25) is 5.91 Å². The molecular weight excluding hydrogens is 850 g/mol. The Morgan fingerprint density at radius 3 is 2.45 bits per heavy atom. The Morgan fingerprint density at radius 2 is 1.77 bits per heavy atom. The number of aromatic nitrogens is 1. The van der Waals surface area contributed by atoms with E-state index in [1.165, 1.54) is 12.5 Å². The Bertz CT molecular complexity index is 2280. The molecule has 2 aromatic carbocycles. The third-order valence-electron chi connectivity index (χ3n) is 12.7. The normalized spacial score (nSPS) is 23.3. The summed E-state index contributed by atoms with van der Waals surface area (Å²) in [5, 5.41) is 9.61. The Kier molecular flexibility index (Phi) is 13.4. The number of benzene rings is 2. The number of hydrogen-bond donors (Lipinski definition) is 3. The number of piperazine rings is 1. The zero-order valence-electron chi connectivity index (χ0n) is 36.9. The van der Waals surface area contributed by atoms with Crippen LogP contribution in [0.15, 0.2) is 53.9 Å². The summed E-state index contributed by atoms with van der Waals surface area (Å²) in [5.41, 5.74) is -0.0811. The van der Waals surface area contributed by atoms with E-state index in [-0.39, 0.29) is 72.2 Å². The lowest BCUT2D eigenvalue weighted by molar-refractivity contribution is -0.199. The number of nitrogens with zero attached hydrogens (tertiary/aromatic N) is 3. The van der Waals surface area contributed by atoms with Crippen LogP contribution < -0.4 is 20.7 Å². The quantitative estimate of drug-likeness (QED) is 0.108. The molecule has 2 bridgehead atoms. The van der Waals surface area contributed by atoms with E-state index in [2.05, 4.69) is 34.8 Å². The van der Waals surface area contributed by atoms with Gasteiger partial charge in [0, 0.05) is 25.0 Å². The van der Waals surface area contributed by atoms with Crippen molar-refractivity contribution in [1.82, 2.24) is 25.4 Å². The zero-order chi connectivity index (χ0) is 46.1. The maximum Gasteiger partial charge on any atom is 0.482 e. The predicted octanol–water partition coefficient (Wildman–Crippen LogP) is 5.24. The number of imide groups is 1. The number of alkyl halides is 1. The highest BCUT2D eigenvalue weighted by atomic mass is 32.1. The van der Waals surface area contributed by atoms with Crippen LogP contribution in [0.3, 0.4) is 0 Å². The Hall–Kier alpha value is -5.60. The molecule has 20 heteroatoms. The molecule has 3 saturated carbocycles. The molecule has 6 atom stereocenters. The maximum absolute atomic E-state index is 14.8. The van der Waals surface area contributed by atoms with E-state index >= 15 is 0 Å². The van der Waals surface area contributed by atoms with Gasteiger partial charge >= 0.3 is 37.0 Å². The van der Waals surface area contributed by atoms with Crippen LogP contribution in [0.5, 0.6) is 5.75 Å². The van der Waals surface area contributed by atoms with Crippen molar-refractivity contribution < 1.29 is 56.7 Å². The van der Waals surface area contributed by atoms with Gasteiger partial charge in [-0.2, -0.15) is 0 Å². The van der Waals surface area contributed by atoms with Crippen LogP contribution in [0.1, 0.15) is 87.6 Å². The van der Waals surface area contributed by atoms with Gasteiger partial charge in [-0.3, -0.25) is 24.6 Å². The molecule has 2 aliphatic heterocycles. The Labute approximate surface area is 375 Å². The van der Waals surface area contributed by atoms with Gasteiger partial charge in [-0.15, -0.1) is 11.3 Å². The summed E-state index contributed by atoms with van der Waals surface area (Å²) in [6.45, 7) is 10.1. The molecule has 5 aliphatic rings. The fourth-order valence-corrected chi connectivity index (χ4v) is 9.97. The number of carbonyl (C=O) groups is 6. The highest BCUT2D eigenvalue weighted by Gasteiger charge is 2.68. The van der Waals surface area contributed by atoms with Crippen LogP contribution in [-0.2, 0) is 46.2 Å². The average Bonchev–Trinajstić information content (AvgIpc) is 3.86. The number of nitrogens with one attached hydrogen (secondary N) is 3. The fourth-order valence-electron chi connectivity index (χ4n) is 9.25. The van der Waals surface area contributed by atoms with E-state index in [9.17, 15) is 33.2 Å². The first-order valence-electron chi connectivity index (χ1n) is 21.3. The second-order valence-corrected chi connectivity index (χ2v) is 19.1. The number of ether oxygens (including phenoxy) is 3. The van der Waals surface area contributed by atoms with Gasteiger partial charge in [-0.25, -0.2) is 23.8 Å². The van der Waals surface area contributed by atoms with Gasteiger partial charge in [0.15, 0.2) is 11.2 Å². The molecule has 3 aromatic rings. The van der Waals surface area contributed by atoms with Crippen LogP contribution in [0.4, 0.5) is 19.1 Å². The van der Waals surface area contributed by atoms with Gasteiger partial charge in [0.05, 0.1) is 30.4 Å². The molecule has 2 saturated heterocycles. The predicted molar refractivity (Wildman–Crippen MR) is 232 cm³/mol. The number of urea groups is 1. The lowest BCUT2D eigenvalue weighted by Gasteiger charge is -2.64. The number of halogens is 1. The van der Waals surface area contributed by atoms with Crippen LogP contribution in [0, 0.1) is 17.3 Å². The molecule has 0 spiro atoms. The number of carbonyl (C=O) groups excluding carboxylic acids is 6. The lowest BCUT2D eigenvalue weighted by atomic mass is 9.43. The maximum atomic E-state index is 14.8. The molecule has 342 valence electrons. The lowest BCUT2D eigenvalue weighted by Crippen LogP contribution is -2.65. The first-order valence-corrected chi connectivity index (χ1v) is 22.1. The van der Waals surface area contributed by atoms with Crippen molar-refractivity contribution >= 4 is 59.4 Å². The first kappa shape index (κ1) is 46.4. The van der Waals surface area contributed by atoms with Crippen molar-refractivity contribution in [2.24, 2.45) is 17.3 Å². The van der Waals surface area contributed by atoms with Crippen molar-refractivity contribution in [2.75, 3.05) is 38.7 Å². The summed E-state index contributed by atoms with van der Waals surface area (Å²) < 4.78 is 43.5. The summed E-state index contributed by atoms with van der Waals surface area (Å²) in [7, 11) is 0.406. The summed E-state index contributed by atoms with van der Waals surface area (Å²) in [5.74, 6) is -3.85. The summed E-state index contributed by atoms with van der Waals surface area (Å²) in [6, 6.07) is 11.3. The van der Waals surface area contributed by atoms with Crippen molar-refractivity contribution in [3.8, 4) is 5.75 Å². The molecule has 5 fully saturated rings. The monoisotopic (exact) mass is 904 g/mol. The zero-order valence-corrected chi connectivity index (χ0v) is 37.8. The largest absolute Gasteiger partial charge is 0.496 e. The number of amides is 6. The minimum absolute atomic E-state index is 0.00307. The molecule has 3 N–H and O–H groups in total. The molecule has 0 radical (unpaired) electrons. The smallest absolute Gasteiger partial charge is 0.482 e. The summed E-state index contributed by atoms with van der Waals surface area (Å²) >= 11 is 0.951. The number of hydrogen-bond acceptors (Lipinski definition) is 13. The van der Waals surface area contributed by atoms with Crippen LogP contribution in [0.2, 0.25) is 0 Å². The van der Waals surface area contributed by atoms with Crippen LogP contribution in [0.25, 0.3) is 0 Å². The number of esters is 1. The Balaban J connectivity index is 1.19. The van der Waals surface area contributed by atoms with E-state index < -0.39 is 72.8 Å². The number of para-hydroxylation sites is 1. The van der Waals surface area contributed by atoms with Gasteiger partial charge < -0.3 is 39.1 Å². The van der Waals surface area contributed by atoms with E-state index in [0.29, 0.717) is 16.4 Å². The topological polar surface area (TPSA) is 204 Å². The minimum Gasteiger partial charge on any atom is -0.496 e. The third kappa shape index (κ3) is 9.58. The van der Waals surface area contributed by atoms with Crippen molar-refractivity contribution in [1.29, 1.82) is 0 Å². The standard InChI is InChI=1S/C44H54BFN6O11S/c1-42(2,3)61-38(56)28-15-11-14-26(34(28)59-7)20-32(45-62-31-22-27-21-30(43(27,4)5)44(31,6)63-45)48-35(53)33(49-40(57)52-19-18-51(17-16-46)36(54)37(52)55)29-24-64-39(47-29)50-41(58)60-23-25-12-9-8-10-13-25/h8-15,24,27,30-33H,16-23H2,1-7H3,(H,48,53)(H,49,57)(H,47,50,58)/t27-,30-,31?,32-,33?,44-/m0/s1. The molecule has 3 aliphatic carbocycles. The summed E-state index contributed by atoms with van der Waals surface area (Å²) in [6.07, 6.45) is 0.626. The van der Waals surface area contributed by atoms with E-state index in [4.69, 9.17) is 23.5 Å². The van der Waals surface area contributed by atoms with Crippen molar-refractivity contribution in [3.63, 3.8) is 0 Å². The molecular formula is C44H54BFN6O11S. The molecule has 8 rings (SSSR count). The molecule has 64 heavy (non-hydrogen) atoms. The molecule has 17 nitrogen and oxygen atoms in total. The Morgan fingerprint density at radius 1 is 1.02 bits per heavy atom. The van der Waals surface area contributed by atoms with Gasteiger partial charge in [0.25, 0.3) is 0 Å². The SMILES string of the molecule is COc1c(C[C@H](NC(=O)C(NC(=O)N2CCN(CCF)C(=O)C2=O)c2csc(NC(=O)OCc3ccccc3)n2)B2OC3C[C@@H]4C[C@@H](C4(C)C)[C@]3(C)O2)cccc1C(=O)OC(C)(C)C. The van der Waals surface area contributed by atoms with Gasteiger partial charge in [0.1, 0.15) is 30.2 Å². The van der Waals surface area contributed by atoms with E-state index in [0.717, 1.165) is 34.6 Å². The van der Waals surface area contributed by atoms with E-state index in [1.54, 1.807) is 63.2 Å². The van der Waals surface area contributed by atoms with Crippen LogP contribution >= 0.6 is 11.3 Å². The highest BCUT2D eigenvalue weighted by Crippen LogP contribution is 2.65. The molecule has 2 unspecified atom stereocenters. The van der Waals surface area contributed by atoms with Gasteiger partial charge in [-0.05, 0) is 81.4 Å². The van der Waals surface area contributed by atoms with Crippen molar-refractivity contribution in [3.05, 3.63) is 76.3 Å². The summed E-state index contributed by atoms with van der Waals surface area (Å²) in [4.78, 5) is 86.9. The minimum atomic E-state index is -1.62. The number of thiazole rings is 1. The number of rotatable bonds is 14. The fraction of sp³-hybridized carbons (Fsp3) is 0.523. The number of methoxy groups -OCH3 is 1. The van der Waals surface area contributed by atoms with Crippen molar-refractivity contribution in [2.45, 2.75) is 96.7 Å². The average molecular weight is 905 g/mol. The first-order chi connectivity index (χ1) is 30.3. The second-order valence-electron chi connectivity index (χ2n) is 18.2. The van der Waals surface area contributed by atoms with Gasteiger partial charge in [-0.1, -0.05) is 56.3 Å². The number of anilines is 1. The third-order valence-corrected chi connectivity index (χ3v) is 13.4.